The van der Waals surface area contributed by atoms with Crippen molar-refractivity contribution >= 4 is 32.4 Å². The fourth-order valence-electron chi connectivity index (χ4n) is 3.62. The minimum atomic E-state index is -3.75. The summed E-state index contributed by atoms with van der Waals surface area (Å²) in [4.78, 5) is 23.6. The number of carbonyl (C=O) groups excluding carboxylic acids is 1. The number of anilines is 1. The summed E-state index contributed by atoms with van der Waals surface area (Å²) < 4.78 is 27.5. The largest absolute Gasteiger partial charge is 0.330 e. The molecule has 0 radical (unpaired) electrons. The van der Waals surface area contributed by atoms with E-state index in [-0.39, 0.29) is 16.8 Å². The average molecular weight is 443 g/mol. The number of hydrogen-bond acceptors (Lipinski definition) is 6. The molecule has 1 aliphatic rings. The van der Waals surface area contributed by atoms with Gasteiger partial charge in [-0.15, -0.1) is 11.3 Å². The third kappa shape index (κ3) is 4.52. The molecule has 9 heteroatoms. The van der Waals surface area contributed by atoms with Crippen LogP contribution in [0, 0.1) is 0 Å². The first-order valence-corrected chi connectivity index (χ1v) is 12.2. The van der Waals surface area contributed by atoms with Gasteiger partial charge in [0.1, 0.15) is 0 Å². The van der Waals surface area contributed by atoms with E-state index in [4.69, 9.17) is 0 Å². The molecule has 0 saturated carbocycles. The van der Waals surface area contributed by atoms with Gasteiger partial charge in [0.2, 0.25) is 0 Å². The molecular weight excluding hydrogens is 420 g/mol. The molecule has 2 aromatic heterocycles. The van der Waals surface area contributed by atoms with Crippen LogP contribution in [0.15, 0.2) is 65.1 Å². The molecule has 7 nitrogen and oxygen atoms in total. The monoisotopic (exact) mass is 442 g/mol. The zero-order valence-corrected chi connectivity index (χ0v) is 17.9. The lowest BCUT2D eigenvalue weighted by Gasteiger charge is -2.30. The first-order chi connectivity index (χ1) is 14.5. The van der Waals surface area contributed by atoms with E-state index in [0.29, 0.717) is 17.2 Å². The van der Waals surface area contributed by atoms with Crippen molar-refractivity contribution in [2.75, 3.05) is 11.3 Å². The molecule has 1 fully saturated rings. The fourth-order valence-corrected chi connectivity index (χ4v) is 5.41. The Hall–Kier alpha value is -2.78. The van der Waals surface area contributed by atoms with E-state index in [1.54, 1.807) is 23.7 Å². The van der Waals surface area contributed by atoms with Crippen molar-refractivity contribution in [3.8, 4) is 0 Å². The Morgan fingerprint density at radius 3 is 2.57 bits per heavy atom. The summed E-state index contributed by atoms with van der Waals surface area (Å²) in [6, 6.07) is 11.7. The van der Waals surface area contributed by atoms with Crippen LogP contribution in [0.1, 0.15) is 47.8 Å². The first-order valence-electron chi connectivity index (χ1n) is 9.79. The van der Waals surface area contributed by atoms with Crippen molar-refractivity contribution in [1.82, 2.24) is 14.9 Å². The number of likely N-dealkylation sites (tertiary alicyclic amines) is 1. The van der Waals surface area contributed by atoms with Crippen LogP contribution in [0.25, 0.3) is 0 Å². The van der Waals surface area contributed by atoms with E-state index in [1.807, 2.05) is 23.1 Å². The summed E-state index contributed by atoms with van der Waals surface area (Å²) in [5.74, 6) is -0.107. The number of aromatic nitrogens is 2. The number of benzene rings is 1. The van der Waals surface area contributed by atoms with Gasteiger partial charge in [-0.25, -0.2) is 13.4 Å². The van der Waals surface area contributed by atoms with Gasteiger partial charge in [0, 0.05) is 29.9 Å². The predicted molar refractivity (Wildman–Crippen MR) is 116 cm³/mol. The minimum Gasteiger partial charge on any atom is -0.330 e. The molecule has 1 aliphatic heterocycles. The maximum atomic E-state index is 13.3. The van der Waals surface area contributed by atoms with Crippen molar-refractivity contribution in [3.05, 3.63) is 71.5 Å². The highest BCUT2D eigenvalue weighted by molar-refractivity contribution is 7.93. The van der Waals surface area contributed by atoms with Crippen LogP contribution >= 0.6 is 11.3 Å². The summed E-state index contributed by atoms with van der Waals surface area (Å²) in [6.07, 6.45) is 7.21. The number of rotatable bonds is 5. The van der Waals surface area contributed by atoms with Crippen molar-refractivity contribution in [3.63, 3.8) is 0 Å². The van der Waals surface area contributed by atoms with Gasteiger partial charge < -0.3 is 4.90 Å². The smallest absolute Gasteiger partial charge is 0.263 e. The summed E-state index contributed by atoms with van der Waals surface area (Å²) in [6.45, 7) is 0.658. The van der Waals surface area contributed by atoms with E-state index in [1.165, 1.54) is 29.7 Å². The number of sulfonamides is 1. The molecule has 1 N–H and O–H groups in total. The summed E-state index contributed by atoms with van der Waals surface area (Å²) in [5, 5.41) is 2.00. The molecule has 3 aromatic rings. The Bertz CT molecular complexity index is 1090. The van der Waals surface area contributed by atoms with Gasteiger partial charge in [-0.1, -0.05) is 18.9 Å². The van der Waals surface area contributed by atoms with Crippen LogP contribution in [-0.2, 0) is 10.0 Å². The predicted octanol–water partition coefficient (Wildman–Crippen LogP) is 4.10. The standard InChI is InChI=1S/C21H22N4O3S2/c26-20(25-14-5-1-2-7-19(25)18-6-3-4-12-22-18)16-8-10-17(11-9-16)30(27,28)24-21-23-13-15-29-21/h3-4,6,8-13,15,19H,1-2,5,7,14H2,(H,23,24). The van der Waals surface area contributed by atoms with Crippen molar-refractivity contribution in [1.29, 1.82) is 0 Å². The number of nitrogens with zero attached hydrogens (tertiary/aromatic N) is 3. The van der Waals surface area contributed by atoms with E-state index in [0.717, 1.165) is 31.4 Å². The topological polar surface area (TPSA) is 92.3 Å². The third-order valence-electron chi connectivity index (χ3n) is 5.11. The molecule has 1 amide bonds. The normalized spacial score (nSPS) is 17.3. The minimum absolute atomic E-state index is 0.0730. The Balaban J connectivity index is 1.56. The number of pyridine rings is 1. The van der Waals surface area contributed by atoms with Crippen molar-refractivity contribution in [2.45, 2.75) is 36.6 Å². The highest BCUT2D eigenvalue weighted by Crippen LogP contribution is 2.30. The van der Waals surface area contributed by atoms with Gasteiger partial charge in [-0.2, -0.15) is 0 Å². The molecule has 1 unspecified atom stereocenters. The Morgan fingerprint density at radius 2 is 1.87 bits per heavy atom. The molecule has 0 spiro atoms. The molecular formula is C21H22N4O3S2. The Kier molecular flexibility index (Phi) is 6.10. The lowest BCUT2D eigenvalue weighted by atomic mass is 10.0. The van der Waals surface area contributed by atoms with Crippen molar-refractivity contribution < 1.29 is 13.2 Å². The van der Waals surface area contributed by atoms with Crippen LogP contribution < -0.4 is 4.72 Å². The van der Waals surface area contributed by atoms with Gasteiger partial charge in [0.05, 0.1) is 16.6 Å². The molecule has 4 rings (SSSR count). The molecule has 1 aromatic carbocycles. The Morgan fingerprint density at radius 1 is 1.03 bits per heavy atom. The van der Waals surface area contributed by atoms with Crippen LogP contribution in [0.4, 0.5) is 5.13 Å². The quantitative estimate of drug-likeness (QED) is 0.642. The second kappa shape index (κ2) is 8.93. The number of carbonyl (C=O) groups is 1. The van der Waals surface area contributed by atoms with Gasteiger partial charge in [-0.3, -0.25) is 14.5 Å². The second-order valence-electron chi connectivity index (χ2n) is 7.09. The lowest BCUT2D eigenvalue weighted by Crippen LogP contribution is -2.35. The van der Waals surface area contributed by atoms with Crippen LogP contribution in [-0.4, -0.2) is 35.7 Å². The molecule has 30 heavy (non-hydrogen) atoms. The van der Waals surface area contributed by atoms with Crippen LogP contribution in [0.3, 0.4) is 0 Å². The molecule has 0 aliphatic carbocycles. The summed E-state index contributed by atoms with van der Waals surface area (Å²) in [7, 11) is -3.75. The zero-order valence-electron chi connectivity index (χ0n) is 16.3. The van der Waals surface area contributed by atoms with Gasteiger partial charge in [0.15, 0.2) is 5.13 Å². The van der Waals surface area contributed by atoms with E-state index < -0.39 is 10.0 Å². The highest BCUT2D eigenvalue weighted by atomic mass is 32.2. The lowest BCUT2D eigenvalue weighted by molar-refractivity contribution is 0.0677. The fraction of sp³-hybridized carbons (Fsp3) is 0.286. The molecule has 1 saturated heterocycles. The maximum absolute atomic E-state index is 13.3. The van der Waals surface area contributed by atoms with Gasteiger partial charge in [0.25, 0.3) is 15.9 Å². The first kappa shape index (κ1) is 20.5. The number of amides is 1. The molecule has 1 atom stereocenters. The Labute approximate surface area is 179 Å². The SMILES string of the molecule is O=C(c1ccc(S(=O)(=O)Nc2nccs2)cc1)N1CCCCCC1c1ccccn1. The third-order valence-corrected chi connectivity index (χ3v) is 7.28. The van der Waals surface area contributed by atoms with E-state index in [2.05, 4.69) is 14.7 Å². The van der Waals surface area contributed by atoms with Crippen molar-refractivity contribution in [2.24, 2.45) is 0 Å². The summed E-state index contributed by atoms with van der Waals surface area (Å²) in [5.41, 5.74) is 1.35. The number of thiazole rings is 1. The van der Waals surface area contributed by atoms with Gasteiger partial charge in [-0.05, 0) is 49.2 Å². The second-order valence-corrected chi connectivity index (χ2v) is 9.66. The number of nitrogens with one attached hydrogen (secondary N) is 1. The average Bonchev–Trinajstić information content (AvgIpc) is 3.14. The summed E-state index contributed by atoms with van der Waals surface area (Å²) >= 11 is 1.20. The van der Waals surface area contributed by atoms with E-state index >= 15 is 0 Å². The zero-order chi connectivity index (χ0) is 21.0. The van der Waals surface area contributed by atoms with Crippen LogP contribution in [0.5, 0.6) is 0 Å². The molecule has 3 heterocycles. The molecule has 156 valence electrons. The van der Waals surface area contributed by atoms with Crippen LogP contribution in [0.2, 0.25) is 0 Å². The number of hydrogen-bond donors (Lipinski definition) is 1. The maximum Gasteiger partial charge on any atom is 0.263 e. The van der Waals surface area contributed by atoms with Gasteiger partial charge >= 0.3 is 0 Å². The van der Waals surface area contributed by atoms with E-state index in [9.17, 15) is 13.2 Å². The highest BCUT2D eigenvalue weighted by Gasteiger charge is 2.28. The molecule has 0 bridgehead atoms.